The van der Waals surface area contributed by atoms with Crippen LogP contribution in [0.4, 0.5) is 0 Å². The van der Waals surface area contributed by atoms with Crippen molar-refractivity contribution in [1.82, 2.24) is 30.5 Å². The van der Waals surface area contributed by atoms with Crippen LogP contribution >= 0.6 is 0 Å². The number of hydrogen-bond donors (Lipinski definition) is 1. The maximum Gasteiger partial charge on any atom is 0.242 e. The molecule has 22 heavy (non-hydrogen) atoms. The number of carbonyl (C=O) groups excluding carboxylic acids is 1. The van der Waals surface area contributed by atoms with E-state index in [0.29, 0.717) is 11.6 Å². The second-order valence-corrected chi connectivity index (χ2v) is 4.79. The van der Waals surface area contributed by atoms with E-state index in [9.17, 15) is 4.79 Å². The predicted octanol–water partition coefficient (Wildman–Crippen LogP) is 0.953. The van der Waals surface area contributed by atoms with Crippen molar-refractivity contribution in [1.29, 1.82) is 0 Å². The molecule has 8 heteroatoms. The zero-order valence-electron chi connectivity index (χ0n) is 11.9. The molecule has 0 aliphatic rings. The van der Waals surface area contributed by atoms with Gasteiger partial charge in [0.2, 0.25) is 11.8 Å². The molecule has 0 radical (unpaired) electrons. The molecule has 0 aliphatic heterocycles. The number of carbonyl (C=O) groups is 1. The van der Waals surface area contributed by atoms with E-state index in [2.05, 4.69) is 25.8 Å². The number of nitrogens with one attached hydrogen (secondary N) is 1. The Balaban J connectivity index is 1.57. The molecular weight excluding hydrogens is 284 g/mol. The van der Waals surface area contributed by atoms with E-state index in [1.807, 2.05) is 31.2 Å². The quantitative estimate of drug-likeness (QED) is 0.753. The van der Waals surface area contributed by atoms with Gasteiger partial charge in [0.15, 0.2) is 0 Å². The first-order chi connectivity index (χ1) is 10.7. The van der Waals surface area contributed by atoms with Gasteiger partial charge >= 0.3 is 0 Å². The number of aryl methyl sites for hydroxylation is 1. The zero-order valence-corrected chi connectivity index (χ0v) is 11.9. The van der Waals surface area contributed by atoms with Crippen molar-refractivity contribution in [3.8, 4) is 11.5 Å². The topological polar surface area (TPSA) is 98.7 Å². The maximum atomic E-state index is 11.7. The zero-order chi connectivity index (χ0) is 15.4. The second-order valence-electron chi connectivity index (χ2n) is 4.79. The first-order valence-corrected chi connectivity index (χ1v) is 6.69. The van der Waals surface area contributed by atoms with Gasteiger partial charge in [-0.05, 0) is 29.5 Å². The lowest BCUT2D eigenvalue weighted by Crippen LogP contribution is -2.27. The molecule has 3 aromatic rings. The van der Waals surface area contributed by atoms with Crippen LogP contribution in [0.25, 0.3) is 11.5 Å². The maximum absolute atomic E-state index is 11.7. The molecule has 0 bridgehead atoms. The van der Waals surface area contributed by atoms with Crippen LogP contribution in [0.15, 0.2) is 41.3 Å². The summed E-state index contributed by atoms with van der Waals surface area (Å²) in [7, 11) is 0. The summed E-state index contributed by atoms with van der Waals surface area (Å²) in [6, 6.07) is 7.88. The Bertz CT molecular complexity index is 748. The highest BCUT2D eigenvalue weighted by molar-refractivity contribution is 5.75. The molecule has 0 spiro atoms. The van der Waals surface area contributed by atoms with E-state index in [-0.39, 0.29) is 19.0 Å². The summed E-state index contributed by atoms with van der Waals surface area (Å²) >= 11 is 0. The first kappa shape index (κ1) is 13.9. The largest absolute Gasteiger partial charge is 0.444 e. The van der Waals surface area contributed by atoms with Gasteiger partial charge < -0.3 is 9.73 Å². The van der Waals surface area contributed by atoms with Crippen LogP contribution in [0.2, 0.25) is 0 Å². The standard InChI is InChI=1S/C14H14N6O2/c1-10-2-4-11(5-3-10)14-17-12(8-22-14)6-15-13(21)7-20-9-16-18-19-20/h2-5,8-9H,6-7H2,1H3,(H,15,21). The highest BCUT2D eigenvalue weighted by Gasteiger charge is 2.08. The summed E-state index contributed by atoms with van der Waals surface area (Å²) in [6.07, 6.45) is 2.91. The van der Waals surface area contributed by atoms with Crippen molar-refractivity contribution in [3.63, 3.8) is 0 Å². The second kappa shape index (κ2) is 6.17. The molecule has 0 saturated heterocycles. The number of benzene rings is 1. The number of rotatable bonds is 5. The van der Waals surface area contributed by atoms with Crippen LogP contribution in [-0.4, -0.2) is 31.1 Å². The molecule has 8 nitrogen and oxygen atoms in total. The van der Waals surface area contributed by atoms with E-state index in [1.165, 1.54) is 22.8 Å². The summed E-state index contributed by atoms with van der Waals surface area (Å²) in [6.45, 7) is 2.37. The fourth-order valence-electron chi connectivity index (χ4n) is 1.86. The fraction of sp³-hybridized carbons (Fsp3) is 0.214. The Morgan fingerprint density at radius 2 is 2.14 bits per heavy atom. The predicted molar refractivity (Wildman–Crippen MR) is 76.3 cm³/mol. The number of hydrogen-bond acceptors (Lipinski definition) is 6. The third-order valence-electron chi connectivity index (χ3n) is 3.01. The van der Waals surface area contributed by atoms with Gasteiger partial charge in [0.25, 0.3) is 0 Å². The molecule has 0 atom stereocenters. The van der Waals surface area contributed by atoms with Crippen LogP contribution < -0.4 is 5.32 Å². The van der Waals surface area contributed by atoms with Crippen molar-refractivity contribution in [2.75, 3.05) is 0 Å². The number of amides is 1. The third kappa shape index (κ3) is 3.35. The average Bonchev–Trinajstić information content (AvgIpc) is 3.17. The molecule has 2 heterocycles. The molecule has 1 aromatic carbocycles. The lowest BCUT2D eigenvalue weighted by molar-refractivity contribution is -0.122. The van der Waals surface area contributed by atoms with Gasteiger partial charge in [-0.15, -0.1) is 5.10 Å². The number of oxazole rings is 1. The summed E-state index contributed by atoms with van der Waals surface area (Å²) in [5, 5.41) is 13.3. The summed E-state index contributed by atoms with van der Waals surface area (Å²) in [5.74, 6) is 0.330. The van der Waals surface area contributed by atoms with E-state index < -0.39 is 0 Å². The number of aromatic nitrogens is 5. The summed E-state index contributed by atoms with van der Waals surface area (Å²) in [5.41, 5.74) is 2.72. The third-order valence-corrected chi connectivity index (χ3v) is 3.01. The van der Waals surface area contributed by atoms with Gasteiger partial charge in [-0.2, -0.15) is 0 Å². The Morgan fingerprint density at radius 3 is 2.86 bits per heavy atom. The van der Waals surface area contributed by atoms with Gasteiger partial charge in [0.05, 0.1) is 12.2 Å². The lowest BCUT2D eigenvalue weighted by atomic mass is 10.1. The van der Waals surface area contributed by atoms with E-state index >= 15 is 0 Å². The highest BCUT2D eigenvalue weighted by Crippen LogP contribution is 2.18. The molecule has 3 rings (SSSR count). The van der Waals surface area contributed by atoms with E-state index in [1.54, 1.807) is 0 Å². The first-order valence-electron chi connectivity index (χ1n) is 6.69. The smallest absolute Gasteiger partial charge is 0.242 e. The molecule has 112 valence electrons. The molecular formula is C14H14N6O2. The van der Waals surface area contributed by atoms with Crippen molar-refractivity contribution in [2.45, 2.75) is 20.0 Å². The minimum absolute atomic E-state index is 0.0651. The lowest BCUT2D eigenvalue weighted by Gasteiger charge is -2.01. The monoisotopic (exact) mass is 298 g/mol. The molecule has 2 aromatic heterocycles. The molecule has 1 N–H and O–H groups in total. The van der Waals surface area contributed by atoms with Crippen LogP contribution in [0.1, 0.15) is 11.3 Å². The molecule has 0 unspecified atom stereocenters. The van der Waals surface area contributed by atoms with Crippen LogP contribution in [0, 0.1) is 6.92 Å². The fourth-order valence-corrected chi connectivity index (χ4v) is 1.86. The van der Waals surface area contributed by atoms with E-state index in [0.717, 1.165) is 5.56 Å². The van der Waals surface area contributed by atoms with Gasteiger partial charge in [-0.3, -0.25) is 4.79 Å². The van der Waals surface area contributed by atoms with Crippen molar-refractivity contribution in [3.05, 3.63) is 48.1 Å². The van der Waals surface area contributed by atoms with Crippen molar-refractivity contribution < 1.29 is 9.21 Å². The van der Waals surface area contributed by atoms with Crippen LogP contribution in [0.3, 0.4) is 0 Å². The molecule has 0 fully saturated rings. The Labute approximate surface area is 126 Å². The number of nitrogens with zero attached hydrogens (tertiary/aromatic N) is 5. The van der Waals surface area contributed by atoms with Crippen molar-refractivity contribution >= 4 is 5.91 Å². The van der Waals surface area contributed by atoms with Crippen LogP contribution in [0.5, 0.6) is 0 Å². The van der Waals surface area contributed by atoms with Gasteiger partial charge in [0.1, 0.15) is 19.1 Å². The normalized spacial score (nSPS) is 10.6. The Morgan fingerprint density at radius 1 is 1.32 bits per heavy atom. The Kier molecular flexibility index (Phi) is 3.90. The minimum Gasteiger partial charge on any atom is -0.444 e. The van der Waals surface area contributed by atoms with Gasteiger partial charge in [-0.25, -0.2) is 9.67 Å². The molecule has 0 saturated carbocycles. The van der Waals surface area contributed by atoms with E-state index in [4.69, 9.17) is 4.42 Å². The average molecular weight is 298 g/mol. The minimum atomic E-state index is -0.202. The number of tetrazole rings is 1. The van der Waals surface area contributed by atoms with Gasteiger partial charge in [0, 0.05) is 5.56 Å². The van der Waals surface area contributed by atoms with Crippen LogP contribution in [-0.2, 0) is 17.9 Å². The van der Waals surface area contributed by atoms with Crippen molar-refractivity contribution in [2.24, 2.45) is 0 Å². The molecule has 0 aliphatic carbocycles. The SMILES string of the molecule is Cc1ccc(-c2nc(CNC(=O)Cn3cnnn3)co2)cc1. The highest BCUT2D eigenvalue weighted by atomic mass is 16.3. The molecule has 1 amide bonds. The summed E-state index contributed by atoms with van der Waals surface area (Å²) < 4.78 is 6.77. The van der Waals surface area contributed by atoms with Gasteiger partial charge in [-0.1, -0.05) is 17.7 Å². The summed E-state index contributed by atoms with van der Waals surface area (Å²) in [4.78, 5) is 16.1. The Hall–Kier alpha value is -3.03.